The third-order valence-corrected chi connectivity index (χ3v) is 4.51. The Kier molecular flexibility index (Phi) is 4.20. The maximum absolute atomic E-state index is 12.2. The maximum Gasteiger partial charge on any atom is 0.251 e. The summed E-state index contributed by atoms with van der Waals surface area (Å²) in [6.45, 7) is 0. The molecule has 3 aromatic carbocycles. The highest BCUT2D eigenvalue weighted by atomic mass is 16.1. The number of aliphatic imine (C=N–C) groups is 1. The lowest BCUT2D eigenvalue weighted by Crippen LogP contribution is -2.17. The van der Waals surface area contributed by atoms with Crippen LogP contribution in [-0.4, -0.2) is 10.8 Å². The molecule has 0 spiro atoms. The predicted octanol–water partition coefficient (Wildman–Crippen LogP) is 4.96. The van der Waals surface area contributed by atoms with Gasteiger partial charge in [-0.05, 0) is 29.3 Å². The number of hydrogen-bond donors (Lipinski definition) is 0. The molecule has 1 heterocycles. The van der Waals surface area contributed by atoms with E-state index in [-0.39, 0.29) is 5.56 Å². The first kappa shape index (κ1) is 16.0. The van der Waals surface area contributed by atoms with Crippen LogP contribution in [0.15, 0.2) is 94.7 Å². The number of pyridine rings is 1. The standard InChI is InChI=1S/C23H18N2O/c1-25-22-10-6-5-9-21(22)19(15-23(25)26)16-24-20-13-11-18(12-14-20)17-7-3-2-4-8-17/h2-16H,1H3. The zero-order valence-electron chi connectivity index (χ0n) is 14.5. The Morgan fingerprint density at radius 1 is 0.808 bits per heavy atom. The van der Waals surface area contributed by atoms with Crippen LogP contribution in [-0.2, 0) is 7.05 Å². The van der Waals surface area contributed by atoms with Crippen molar-refractivity contribution in [3.8, 4) is 11.1 Å². The highest BCUT2D eigenvalue weighted by Crippen LogP contribution is 2.22. The van der Waals surface area contributed by atoms with Crippen molar-refractivity contribution in [2.75, 3.05) is 0 Å². The summed E-state index contributed by atoms with van der Waals surface area (Å²) in [7, 11) is 1.79. The van der Waals surface area contributed by atoms with Gasteiger partial charge in [-0.25, -0.2) is 0 Å². The van der Waals surface area contributed by atoms with Gasteiger partial charge in [0.25, 0.3) is 5.56 Å². The molecule has 0 fully saturated rings. The molecular weight excluding hydrogens is 320 g/mol. The third-order valence-electron chi connectivity index (χ3n) is 4.51. The third kappa shape index (κ3) is 3.07. The van der Waals surface area contributed by atoms with Gasteiger partial charge in [-0.1, -0.05) is 60.7 Å². The molecule has 0 unspecified atom stereocenters. The van der Waals surface area contributed by atoms with Gasteiger partial charge in [-0.15, -0.1) is 0 Å². The van der Waals surface area contributed by atoms with Gasteiger partial charge in [0.2, 0.25) is 0 Å². The summed E-state index contributed by atoms with van der Waals surface area (Å²) < 4.78 is 1.65. The van der Waals surface area contributed by atoms with Crippen LogP contribution in [0.1, 0.15) is 5.56 Å². The van der Waals surface area contributed by atoms with Crippen molar-refractivity contribution in [1.29, 1.82) is 0 Å². The second-order valence-corrected chi connectivity index (χ2v) is 6.19. The first-order valence-corrected chi connectivity index (χ1v) is 8.51. The lowest BCUT2D eigenvalue weighted by molar-refractivity contribution is 0.906. The van der Waals surface area contributed by atoms with Crippen LogP contribution in [0.4, 0.5) is 5.69 Å². The average Bonchev–Trinajstić information content (AvgIpc) is 2.71. The van der Waals surface area contributed by atoms with E-state index in [0.717, 1.165) is 27.7 Å². The monoisotopic (exact) mass is 338 g/mol. The minimum absolute atomic E-state index is 0.0374. The highest BCUT2D eigenvalue weighted by Gasteiger charge is 2.04. The molecular formula is C23H18N2O. The summed E-state index contributed by atoms with van der Waals surface area (Å²) in [5.41, 5.74) is 4.89. The van der Waals surface area contributed by atoms with E-state index in [1.165, 1.54) is 5.56 Å². The SMILES string of the molecule is Cn1c(=O)cc(C=Nc2ccc(-c3ccccc3)cc2)c2ccccc21. The van der Waals surface area contributed by atoms with E-state index in [9.17, 15) is 4.79 Å². The van der Waals surface area contributed by atoms with E-state index >= 15 is 0 Å². The lowest BCUT2D eigenvalue weighted by atomic mass is 10.1. The van der Waals surface area contributed by atoms with Crippen LogP contribution in [0, 0.1) is 0 Å². The molecule has 0 bridgehead atoms. The number of para-hydroxylation sites is 1. The van der Waals surface area contributed by atoms with Crippen LogP contribution < -0.4 is 5.56 Å². The van der Waals surface area contributed by atoms with Crippen molar-refractivity contribution in [2.24, 2.45) is 12.0 Å². The summed E-state index contributed by atoms with van der Waals surface area (Å²) in [6.07, 6.45) is 1.77. The molecule has 3 heteroatoms. The van der Waals surface area contributed by atoms with E-state index < -0.39 is 0 Å². The van der Waals surface area contributed by atoms with Crippen LogP contribution in [0.25, 0.3) is 22.0 Å². The Labute approximate surface area is 151 Å². The Morgan fingerprint density at radius 3 is 2.23 bits per heavy atom. The van der Waals surface area contributed by atoms with Gasteiger partial charge in [0.15, 0.2) is 0 Å². The number of fused-ring (bicyclic) bond motifs is 1. The molecule has 0 aliphatic heterocycles. The van der Waals surface area contributed by atoms with Crippen molar-refractivity contribution >= 4 is 22.8 Å². The Balaban J connectivity index is 1.68. The summed E-state index contributed by atoms with van der Waals surface area (Å²) in [4.78, 5) is 16.7. The topological polar surface area (TPSA) is 34.4 Å². The van der Waals surface area contributed by atoms with Crippen molar-refractivity contribution in [3.63, 3.8) is 0 Å². The number of benzene rings is 3. The van der Waals surface area contributed by atoms with E-state index in [0.29, 0.717) is 0 Å². The van der Waals surface area contributed by atoms with Gasteiger partial charge in [-0.2, -0.15) is 0 Å². The number of aromatic nitrogens is 1. The Morgan fingerprint density at radius 2 is 1.46 bits per heavy atom. The van der Waals surface area contributed by atoms with Gasteiger partial charge in [0.1, 0.15) is 0 Å². The number of nitrogens with zero attached hydrogens (tertiary/aromatic N) is 2. The number of hydrogen-bond acceptors (Lipinski definition) is 2. The summed E-state index contributed by atoms with van der Waals surface area (Å²) >= 11 is 0. The first-order chi connectivity index (χ1) is 12.7. The molecule has 126 valence electrons. The molecule has 26 heavy (non-hydrogen) atoms. The second kappa shape index (κ2) is 6.81. The minimum atomic E-state index is -0.0374. The molecule has 0 amide bonds. The van der Waals surface area contributed by atoms with Crippen LogP contribution in [0.2, 0.25) is 0 Å². The van der Waals surface area contributed by atoms with Gasteiger partial charge in [0.05, 0.1) is 11.2 Å². The first-order valence-electron chi connectivity index (χ1n) is 8.51. The van der Waals surface area contributed by atoms with Crippen molar-refractivity contribution in [3.05, 3.63) is 101 Å². The zero-order chi connectivity index (χ0) is 17.9. The average molecular weight is 338 g/mol. The number of aryl methyl sites for hydroxylation is 1. The maximum atomic E-state index is 12.2. The fourth-order valence-corrected chi connectivity index (χ4v) is 3.06. The Bertz CT molecular complexity index is 1140. The van der Waals surface area contributed by atoms with Gasteiger partial charge < -0.3 is 4.57 Å². The predicted molar refractivity (Wildman–Crippen MR) is 108 cm³/mol. The lowest BCUT2D eigenvalue weighted by Gasteiger charge is -2.07. The van der Waals surface area contributed by atoms with Gasteiger partial charge in [-0.3, -0.25) is 9.79 Å². The fraction of sp³-hybridized carbons (Fsp3) is 0.0435. The summed E-state index contributed by atoms with van der Waals surface area (Å²) in [5, 5.41) is 1.01. The van der Waals surface area contributed by atoms with Crippen LogP contribution in [0.3, 0.4) is 0 Å². The van der Waals surface area contributed by atoms with Gasteiger partial charge >= 0.3 is 0 Å². The minimum Gasteiger partial charge on any atom is -0.311 e. The quantitative estimate of drug-likeness (QED) is 0.486. The summed E-state index contributed by atoms with van der Waals surface area (Å²) in [5.74, 6) is 0. The normalized spacial score (nSPS) is 11.3. The Hall–Kier alpha value is -3.46. The largest absolute Gasteiger partial charge is 0.311 e. The van der Waals surface area contributed by atoms with Crippen molar-refractivity contribution < 1.29 is 0 Å². The van der Waals surface area contributed by atoms with Crippen LogP contribution >= 0.6 is 0 Å². The zero-order valence-corrected chi connectivity index (χ0v) is 14.5. The molecule has 0 atom stereocenters. The van der Waals surface area contributed by atoms with Gasteiger partial charge in [0, 0.05) is 30.3 Å². The second-order valence-electron chi connectivity index (χ2n) is 6.19. The smallest absolute Gasteiger partial charge is 0.251 e. The molecule has 0 N–H and O–H groups in total. The summed E-state index contributed by atoms with van der Waals surface area (Å²) in [6, 6.07) is 27.8. The van der Waals surface area contributed by atoms with Crippen molar-refractivity contribution in [2.45, 2.75) is 0 Å². The molecule has 0 saturated heterocycles. The molecule has 4 rings (SSSR count). The molecule has 0 saturated carbocycles. The highest BCUT2D eigenvalue weighted by molar-refractivity contribution is 5.99. The molecule has 0 aliphatic carbocycles. The van der Waals surface area contributed by atoms with E-state index in [1.807, 2.05) is 54.6 Å². The van der Waals surface area contributed by atoms with E-state index in [4.69, 9.17) is 0 Å². The number of rotatable bonds is 3. The molecule has 1 aromatic heterocycles. The van der Waals surface area contributed by atoms with Crippen molar-refractivity contribution in [1.82, 2.24) is 4.57 Å². The van der Waals surface area contributed by atoms with Crippen LogP contribution in [0.5, 0.6) is 0 Å². The molecule has 3 nitrogen and oxygen atoms in total. The van der Waals surface area contributed by atoms with E-state index in [2.05, 4.69) is 29.3 Å². The fourth-order valence-electron chi connectivity index (χ4n) is 3.06. The molecule has 0 radical (unpaired) electrons. The molecule has 0 aliphatic rings. The van der Waals surface area contributed by atoms with E-state index in [1.54, 1.807) is 23.9 Å². The molecule has 4 aromatic rings.